The third-order valence-corrected chi connectivity index (χ3v) is 3.37. The summed E-state index contributed by atoms with van der Waals surface area (Å²) >= 11 is 0. The van der Waals surface area contributed by atoms with E-state index < -0.39 is 11.9 Å². The minimum atomic E-state index is -0.508. The molecule has 27 heavy (non-hydrogen) atoms. The Bertz CT molecular complexity index is 719. The van der Waals surface area contributed by atoms with Crippen molar-refractivity contribution in [1.82, 2.24) is 0 Å². The Hall–Kier alpha value is -2.48. The van der Waals surface area contributed by atoms with E-state index in [1.165, 1.54) is 12.1 Å². The second kappa shape index (κ2) is 12.0. The zero-order valence-electron chi connectivity index (χ0n) is 15.0. The van der Waals surface area contributed by atoms with Crippen LogP contribution in [0.2, 0.25) is 0 Å². The van der Waals surface area contributed by atoms with Gasteiger partial charge >= 0.3 is 11.9 Å². The predicted octanol–water partition coefficient (Wildman–Crippen LogP) is 2.89. The number of rotatable bonds is 5. The molecule has 2 aromatic rings. The highest BCUT2D eigenvalue weighted by atomic mass is 35.5. The van der Waals surface area contributed by atoms with Crippen molar-refractivity contribution in [2.45, 2.75) is 13.8 Å². The largest absolute Gasteiger partial charge is 0.462 e. The maximum Gasteiger partial charge on any atom is 0.338 e. The summed E-state index contributed by atoms with van der Waals surface area (Å²) in [5.41, 5.74) is 14.1. The van der Waals surface area contributed by atoms with Gasteiger partial charge in [0.25, 0.3) is 0 Å². The monoisotopic (exact) mass is 418 g/mol. The first kappa shape index (κ1) is 26.7. The van der Waals surface area contributed by atoms with Gasteiger partial charge in [-0.25, -0.2) is 9.59 Å². The highest BCUT2D eigenvalue weighted by Gasteiger charge is 2.20. The molecule has 0 saturated carbocycles. The second-order valence-corrected chi connectivity index (χ2v) is 5.05. The smallest absolute Gasteiger partial charge is 0.338 e. The van der Waals surface area contributed by atoms with Gasteiger partial charge in [-0.1, -0.05) is 12.1 Å². The molecule has 0 unspecified atom stereocenters. The molecule has 0 bridgehead atoms. The van der Waals surface area contributed by atoms with Crippen LogP contribution in [0.3, 0.4) is 0 Å². The van der Waals surface area contributed by atoms with Crippen LogP contribution in [0.1, 0.15) is 34.6 Å². The van der Waals surface area contributed by atoms with Gasteiger partial charge in [0.2, 0.25) is 0 Å². The zero-order valence-corrected chi connectivity index (χ0v) is 16.6. The summed E-state index contributed by atoms with van der Waals surface area (Å²) < 4.78 is 10.2. The molecule has 150 valence electrons. The van der Waals surface area contributed by atoms with Crippen LogP contribution >= 0.6 is 24.8 Å². The maximum atomic E-state index is 12.2. The van der Waals surface area contributed by atoms with Crippen LogP contribution in [0.5, 0.6) is 0 Å². The van der Waals surface area contributed by atoms with Crippen LogP contribution in [-0.4, -0.2) is 30.6 Å². The number of nitrogen functional groups attached to an aromatic ring is 2. The van der Waals surface area contributed by atoms with Crippen molar-refractivity contribution in [3.63, 3.8) is 0 Å². The second-order valence-electron chi connectivity index (χ2n) is 5.05. The van der Waals surface area contributed by atoms with E-state index in [1.807, 2.05) is 0 Å². The van der Waals surface area contributed by atoms with E-state index in [9.17, 15) is 9.59 Å². The number of hydrogen-bond donors (Lipinski definition) is 2. The van der Waals surface area contributed by atoms with Crippen molar-refractivity contribution in [3.8, 4) is 11.1 Å². The van der Waals surface area contributed by atoms with Gasteiger partial charge in [-0.15, -0.1) is 24.8 Å². The Kier molecular flexibility index (Phi) is 11.9. The maximum absolute atomic E-state index is 12.2. The molecule has 0 amide bonds. The normalized spacial score (nSPS) is 9.11. The van der Waals surface area contributed by atoms with Crippen LogP contribution in [0.15, 0.2) is 36.4 Å². The number of carbonyl (C=O) groups is 2. The number of anilines is 2. The number of ether oxygens (including phenoxy) is 2. The van der Waals surface area contributed by atoms with Crippen LogP contribution in [-0.2, 0) is 9.47 Å². The van der Waals surface area contributed by atoms with E-state index in [4.69, 9.17) is 20.9 Å². The summed E-state index contributed by atoms with van der Waals surface area (Å²) in [6.45, 7) is 3.91. The Labute approximate surface area is 170 Å². The van der Waals surface area contributed by atoms with E-state index >= 15 is 0 Å². The van der Waals surface area contributed by atoms with Crippen molar-refractivity contribution >= 4 is 48.1 Å². The average molecular weight is 419 g/mol. The fraction of sp³-hybridized carbons (Fsp3) is 0.222. The number of hydrogen-bond acceptors (Lipinski definition) is 6. The summed E-state index contributed by atoms with van der Waals surface area (Å²) in [6, 6.07) is 9.72. The third-order valence-electron chi connectivity index (χ3n) is 3.37. The van der Waals surface area contributed by atoms with Gasteiger partial charge in [0, 0.05) is 11.4 Å². The van der Waals surface area contributed by atoms with E-state index in [2.05, 4.69) is 0 Å². The molecule has 2 rings (SSSR count). The first-order valence-electron chi connectivity index (χ1n) is 7.61. The van der Waals surface area contributed by atoms with Gasteiger partial charge in [-0.3, -0.25) is 0 Å². The van der Waals surface area contributed by atoms with Crippen LogP contribution in [0.4, 0.5) is 11.4 Å². The van der Waals surface area contributed by atoms with E-state index in [-0.39, 0.29) is 54.6 Å². The average Bonchev–Trinajstić information content (AvgIpc) is 2.55. The first-order chi connectivity index (χ1) is 11.5. The minimum Gasteiger partial charge on any atom is -0.462 e. The molecule has 7 nitrogen and oxygen atoms in total. The Balaban J connectivity index is 0. The van der Waals surface area contributed by atoms with E-state index in [1.54, 1.807) is 38.1 Å². The molecule has 0 fully saturated rings. The number of halogens is 2. The van der Waals surface area contributed by atoms with Crippen LogP contribution in [0, 0.1) is 0 Å². The van der Waals surface area contributed by atoms with Crippen LogP contribution < -0.4 is 11.5 Å². The van der Waals surface area contributed by atoms with E-state index in [0.717, 1.165) is 0 Å². The van der Waals surface area contributed by atoms with Crippen molar-refractivity contribution in [1.29, 1.82) is 0 Å². The Morgan fingerprint density at radius 2 is 1.11 bits per heavy atom. The summed E-state index contributed by atoms with van der Waals surface area (Å²) in [6.07, 6.45) is 0. The topological polar surface area (TPSA) is 136 Å². The van der Waals surface area contributed by atoms with Gasteiger partial charge in [-0.2, -0.15) is 0 Å². The van der Waals surface area contributed by atoms with Crippen molar-refractivity contribution in [3.05, 3.63) is 47.5 Å². The molecule has 0 aromatic heterocycles. The van der Waals surface area contributed by atoms with Gasteiger partial charge in [-0.05, 0) is 49.2 Å². The van der Waals surface area contributed by atoms with Crippen LogP contribution in [0.25, 0.3) is 11.1 Å². The molecular formula is C18H24Cl2N2O5. The summed E-state index contributed by atoms with van der Waals surface area (Å²) in [5.74, 6) is -1.02. The first-order valence-corrected chi connectivity index (χ1v) is 7.61. The number of nitrogens with two attached hydrogens (primary N) is 2. The van der Waals surface area contributed by atoms with Gasteiger partial charge in [0.05, 0.1) is 24.3 Å². The lowest BCUT2D eigenvalue weighted by Gasteiger charge is -2.14. The molecular weight excluding hydrogens is 395 g/mol. The van der Waals surface area contributed by atoms with Gasteiger partial charge < -0.3 is 26.4 Å². The molecule has 0 aliphatic heterocycles. The fourth-order valence-corrected chi connectivity index (χ4v) is 2.35. The summed E-state index contributed by atoms with van der Waals surface area (Å²) in [5, 5.41) is 0. The number of esters is 2. The number of benzene rings is 2. The Morgan fingerprint density at radius 1 is 0.778 bits per heavy atom. The van der Waals surface area contributed by atoms with Gasteiger partial charge in [0.15, 0.2) is 0 Å². The Morgan fingerprint density at radius 3 is 1.41 bits per heavy atom. The lowest BCUT2D eigenvalue weighted by molar-refractivity contribution is 0.0515. The molecule has 0 spiro atoms. The molecule has 0 saturated heterocycles. The SMILES string of the molecule is CCOC(=O)c1cc(N)ccc1-c1ccc(N)cc1C(=O)OCC.Cl.Cl.O. The molecule has 0 aliphatic rings. The minimum absolute atomic E-state index is 0. The highest BCUT2D eigenvalue weighted by Crippen LogP contribution is 2.31. The highest BCUT2D eigenvalue weighted by molar-refractivity contribution is 6.04. The number of carbonyl (C=O) groups excluding carboxylic acids is 2. The van der Waals surface area contributed by atoms with Gasteiger partial charge in [0.1, 0.15) is 0 Å². The van der Waals surface area contributed by atoms with Crippen molar-refractivity contribution in [2.75, 3.05) is 24.7 Å². The standard InChI is InChI=1S/C18H20N2O4.2ClH.H2O/c1-3-23-17(21)15-9-11(19)5-7-13(15)14-8-6-12(20)10-16(14)18(22)24-4-2;;;/h5-10H,3-4,19-20H2,1-2H3;2*1H;1H2. The molecule has 0 atom stereocenters. The molecule has 0 heterocycles. The molecule has 2 aromatic carbocycles. The van der Waals surface area contributed by atoms with Crippen molar-refractivity contribution in [2.24, 2.45) is 0 Å². The molecule has 0 aliphatic carbocycles. The summed E-state index contributed by atoms with van der Waals surface area (Å²) in [4.78, 5) is 24.5. The van der Waals surface area contributed by atoms with E-state index in [0.29, 0.717) is 22.5 Å². The lowest BCUT2D eigenvalue weighted by Crippen LogP contribution is -2.11. The lowest BCUT2D eigenvalue weighted by atomic mass is 9.94. The van der Waals surface area contributed by atoms with Crippen molar-refractivity contribution < 1.29 is 24.5 Å². The quantitative estimate of drug-likeness (QED) is 0.565. The summed E-state index contributed by atoms with van der Waals surface area (Å²) in [7, 11) is 0. The molecule has 9 heteroatoms. The third kappa shape index (κ3) is 6.32. The fourth-order valence-electron chi connectivity index (χ4n) is 2.35. The zero-order chi connectivity index (χ0) is 17.7. The molecule has 0 radical (unpaired) electrons. The predicted molar refractivity (Wildman–Crippen MR) is 111 cm³/mol. The molecule has 6 N–H and O–H groups in total.